The molecule has 1 aromatic rings. The van der Waals surface area contributed by atoms with E-state index in [1.165, 1.54) is 31.2 Å². The van der Waals surface area contributed by atoms with Gasteiger partial charge in [-0.05, 0) is 50.9 Å². The Morgan fingerprint density at radius 2 is 2.09 bits per heavy atom. The van der Waals surface area contributed by atoms with E-state index in [2.05, 4.69) is 29.0 Å². The van der Waals surface area contributed by atoms with E-state index in [-0.39, 0.29) is 17.0 Å². The van der Waals surface area contributed by atoms with Gasteiger partial charge >= 0.3 is 0 Å². The van der Waals surface area contributed by atoms with Gasteiger partial charge in [0.2, 0.25) is 0 Å². The minimum Gasteiger partial charge on any atom is -0.350 e. The highest BCUT2D eigenvalue weighted by molar-refractivity contribution is 7.89. The van der Waals surface area contributed by atoms with Crippen LogP contribution in [0.5, 0.6) is 0 Å². The topological polar surface area (TPSA) is 105 Å². The lowest BCUT2D eigenvalue weighted by molar-refractivity contribution is 0.0921. The van der Waals surface area contributed by atoms with Crippen molar-refractivity contribution >= 4 is 15.9 Å². The zero-order valence-electron chi connectivity index (χ0n) is 13.5. The molecular formula is C15H24N4O3S. The summed E-state index contributed by atoms with van der Waals surface area (Å²) in [7, 11) is -3.84. The van der Waals surface area contributed by atoms with Gasteiger partial charge < -0.3 is 5.32 Å². The van der Waals surface area contributed by atoms with Crippen LogP contribution in [0, 0.1) is 5.92 Å². The Kier molecular flexibility index (Phi) is 5.72. The summed E-state index contributed by atoms with van der Waals surface area (Å²) in [4.78, 5) is 18.2. The molecule has 128 valence electrons. The van der Waals surface area contributed by atoms with Gasteiger partial charge in [-0.25, -0.2) is 18.5 Å². The summed E-state index contributed by atoms with van der Waals surface area (Å²) in [6, 6.07) is 2.91. The van der Waals surface area contributed by atoms with E-state index < -0.39 is 10.0 Å². The molecule has 0 radical (unpaired) electrons. The standard InChI is InChI=1S/C15H24N4O3S/c1-11-5-7-19(8-6-11)12(2)9-18-15(20)13-3-4-14(17-10-13)23(16,21)22/h3-4,10-12H,5-9H2,1-2H3,(H,18,20)(H2,16,21,22). The molecule has 7 nitrogen and oxygen atoms in total. The molecule has 1 fully saturated rings. The lowest BCUT2D eigenvalue weighted by atomic mass is 9.98. The van der Waals surface area contributed by atoms with Crippen LogP contribution in [-0.2, 0) is 10.0 Å². The van der Waals surface area contributed by atoms with Gasteiger partial charge in [-0.2, -0.15) is 0 Å². The number of primary sulfonamides is 1. The van der Waals surface area contributed by atoms with Gasteiger partial charge in [0.05, 0.1) is 5.56 Å². The predicted octanol–water partition coefficient (Wildman–Crippen LogP) is 0.579. The van der Waals surface area contributed by atoms with E-state index in [9.17, 15) is 13.2 Å². The molecule has 23 heavy (non-hydrogen) atoms. The number of nitrogens with one attached hydrogen (secondary N) is 1. The summed E-state index contributed by atoms with van der Waals surface area (Å²) in [6.45, 7) is 7.02. The van der Waals surface area contributed by atoms with E-state index in [4.69, 9.17) is 5.14 Å². The molecule has 1 unspecified atom stereocenters. The third-order valence-electron chi connectivity index (χ3n) is 4.29. The maximum absolute atomic E-state index is 12.1. The number of piperidine rings is 1. The summed E-state index contributed by atoms with van der Waals surface area (Å²) in [5.41, 5.74) is 0.317. The number of nitrogens with two attached hydrogens (primary N) is 1. The Hall–Kier alpha value is -1.51. The van der Waals surface area contributed by atoms with Crippen LogP contribution in [0.1, 0.15) is 37.0 Å². The summed E-state index contributed by atoms with van der Waals surface area (Å²) in [5.74, 6) is 0.507. The minimum atomic E-state index is -3.84. The van der Waals surface area contributed by atoms with Crippen LogP contribution >= 0.6 is 0 Å². The van der Waals surface area contributed by atoms with Gasteiger partial charge in [0, 0.05) is 18.8 Å². The number of rotatable bonds is 5. The summed E-state index contributed by atoms with van der Waals surface area (Å²) >= 11 is 0. The van der Waals surface area contributed by atoms with Crippen molar-refractivity contribution in [1.82, 2.24) is 15.2 Å². The molecule has 0 aliphatic carbocycles. The molecule has 0 saturated carbocycles. The van der Waals surface area contributed by atoms with Crippen LogP contribution < -0.4 is 10.5 Å². The minimum absolute atomic E-state index is 0.246. The van der Waals surface area contributed by atoms with Crippen molar-refractivity contribution in [1.29, 1.82) is 0 Å². The SMILES string of the molecule is CC1CCN(C(C)CNC(=O)c2ccc(S(N)(=O)=O)nc2)CC1. The van der Waals surface area contributed by atoms with Crippen LogP contribution in [0.25, 0.3) is 0 Å². The van der Waals surface area contributed by atoms with Crippen molar-refractivity contribution in [3.8, 4) is 0 Å². The largest absolute Gasteiger partial charge is 0.350 e. The van der Waals surface area contributed by atoms with Gasteiger partial charge in [-0.1, -0.05) is 6.92 Å². The van der Waals surface area contributed by atoms with Crippen LogP contribution in [0.3, 0.4) is 0 Å². The second-order valence-electron chi connectivity index (χ2n) is 6.21. The number of amides is 1. The van der Waals surface area contributed by atoms with Crippen molar-refractivity contribution in [2.45, 2.75) is 37.8 Å². The molecule has 0 spiro atoms. The molecule has 2 heterocycles. The molecule has 1 aromatic heterocycles. The first-order valence-corrected chi connectivity index (χ1v) is 9.33. The van der Waals surface area contributed by atoms with Crippen molar-refractivity contribution in [2.24, 2.45) is 11.1 Å². The quantitative estimate of drug-likeness (QED) is 0.815. The molecule has 8 heteroatoms. The highest BCUT2D eigenvalue weighted by Gasteiger charge is 2.20. The average Bonchev–Trinajstić information content (AvgIpc) is 2.52. The molecule has 1 amide bonds. The first kappa shape index (κ1) is 17.8. The predicted molar refractivity (Wildman–Crippen MR) is 87.4 cm³/mol. The molecule has 1 aliphatic heterocycles. The molecular weight excluding hydrogens is 316 g/mol. The summed E-state index contributed by atoms with van der Waals surface area (Å²) in [6.07, 6.45) is 3.61. The molecule has 1 atom stereocenters. The van der Waals surface area contributed by atoms with Gasteiger partial charge in [0.15, 0.2) is 5.03 Å². The van der Waals surface area contributed by atoms with Crippen molar-refractivity contribution in [3.63, 3.8) is 0 Å². The Labute approximate surface area is 137 Å². The molecule has 0 bridgehead atoms. The Morgan fingerprint density at radius 3 is 2.61 bits per heavy atom. The van der Waals surface area contributed by atoms with E-state index in [0.29, 0.717) is 12.1 Å². The Balaban J connectivity index is 1.87. The molecule has 0 aromatic carbocycles. The second-order valence-corrected chi connectivity index (χ2v) is 7.72. The third kappa shape index (κ3) is 4.98. The number of carbonyl (C=O) groups is 1. The Bertz CT molecular complexity index is 637. The molecule has 1 aliphatic rings. The van der Waals surface area contributed by atoms with Crippen molar-refractivity contribution in [3.05, 3.63) is 23.9 Å². The van der Waals surface area contributed by atoms with Gasteiger partial charge in [0.1, 0.15) is 0 Å². The number of hydrogen-bond donors (Lipinski definition) is 2. The summed E-state index contributed by atoms with van der Waals surface area (Å²) < 4.78 is 22.3. The van der Waals surface area contributed by atoms with Crippen LogP contribution in [0.4, 0.5) is 0 Å². The number of aromatic nitrogens is 1. The molecule has 1 saturated heterocycles. The number of sulfonamides is 1. The normalized spacial score (nSPS) is 18.6. The highest BCUT2D eigenvalue weighted by atomic mass is 32.2. The lowest BCUT2D eigenvalue weighted by Crippen LogP contribution is -2.45. The summed E-state index contributed by atoms with van der Waals surface area (Å²) in [5, 5.41) is 7.60. The number of likely N-dealkylation sites (tertiary alicyclic amines) is 1. The maximum Gasteiger partial charge on any atom is 0.255 e. The maximum atomic E-state index is 12.1. The fourth-order valence-corrected chi connectivity index (χ4v) is 3.08. The number of hydrogen-bond acceptors (Lipinski definition) is 5. The Morgan fingerprint density at radius 1 is 1.43 bits per heavy atom. The average molecular weight is 340 g/mol. The second kappa shape index (κ2) is 7.37. The number of pyridine rings is 1. The monoisotopic (exact) mass is 340 g/mol. The smallest absolute Gasteiger partial charge is 0.255 e. The van der Waals surface area contributed by atoms with E-state index in [0.717, 1.165) is 19.0 Å². The zero-order valence-corrected chi connectivity index (χ0v) is 14.3. The number of carbonyl (C=O) groups excluding carboxylic acids is 1. The third-order valence-corrected chi connectivity index (χ3v) is 5.11. The fraction of sp³-hybridized carbons (Fsp3) is 0.600. The van der Waals surface area contributed by atoms with E-state index in [1.807, 2.05) is 0 Å². The van der Waals surface area contributed by atoms with Gasteiger partial charge in [-0.3, -0.25) is 9.69 Å². The van der Waals surface area contributed by atoms with Crippen molar-refractivity contribution in [2.75, 3.05) is 19.6 Å². The fourth-order valence-electron chi connectivity index (χ4n) is 2.62. The van der Waals surface area contributed by atoms with Gasteiger partial charge in [-0.15, -0.1) is 0 Å². The van der Waals surface area contributed by atoms with E-state index >= 15 is 0 Å². The van der Waals surface area contributed by atoms with Crippen LogP contribution in [-0.4, -0.2) is 49.9 Å². The van der Waals surface area contributed by atoms with Gasteiger partial charge in [0.25, 0.3) is 15.9 Å². The number of nitrogens with zero attached hydrogens (tertiary/aromatic N) is 2. The lowest BCUT2D eigenvalue weighted by Gasteiger charge is -2.35. The van der Waals surface area contributed by atoms with Crippen LogP contribution in [0.2, 0.25) is 0 Å². The van der Waals surface area contributed by atoms with Crippen molar-refractivity contribution < 1.29 is 13.2 Å². The highest BCUT2D eigenvalue weighted by Crippen LogP contribution is 2.17. The first-order valence-electron chi connectivity index (χ1n) is 7.78. The first-order chi connectivity index (χ1) is 10.8. The van der Waals surface area contributed by atoms with Crippen LogP contribution in [0.15, 0.2) is 23.4 Å². The molecule has 2 rings (SSSR count). The van der Waals surface area contributed by atoms with E-state index in [1.54, 1.807) is 0 Å². The molecule has 3 N–H and O–H groups in total. The zero-order chi connectivity index (χ0) is 17.0.